The Morgan fingerprint density at radius 3 is 2.57 bits per heavy atom. The van der Waals surface area contributed by atoms with Gasteiger partial charge in [-0.25, -0.2) is 0 Å². The summed E-state index contributed by atoms with van der Waals surface area (Å²) in [4.78, 5) is 13.8. The molecule has 1 aromatic heterocycles. The Morgan fingerprint density at radius 1 is 1.20 bits per heavy atom. The van der Waals surface area contributed by atoms with Gasteiger partial charge in [0.2, 0.25) is 0 Å². The van der Waals surface area contributed by atoms with Crippen molar-refractivity contribution in [1.29, 1.82) is 0 Å². The minimum absolute atomic E-state index is 0.263. The van der Waals surface area contributed by atoms with Gasteiger partial charge in [0.25, 0.3) is 5.91 Å². The highest BCUT2D eigenvalue weighted by Gasteiger charge is 2.21. The van der Waals surface area contributed by atoms with E-state index in [0.717, 1.165) is 16.0 Å². The first-order valence-electron chi connectivity index (χ1n) is 9.54. The topological polar surface area (TPSA) is 90.6 Å². The second-order valence-electron chi connectivity index (χ2n) is 6.79. The van der Waals surface area contributed by atoms with Crippen molar-refractivity contribution in [2.75, 3.05) is 24.3 Å². The standard InChI is InChI=1S/C22H25N2O4PS/c1-4-27-29(3,26)28-15(2)16-7-9-17(10-8-16)22(25)24-20-14-18(11-12-19(20)23)21-6-5-13-30-21/h5-15H,4,23H2,1-3H3,(H,24,25). The summed E-state index contributed by atoms with van der Waals surface area (Å²) in [6.45, 7) is 5.32. The smallest absolute Gasteiger partial charge is 0.328 e. The quantitative estimate of drug-likeness (QED) is 0.319. The molecule has 3 aromatic rings. The Kier molecular flexibility index (Phi) is 7.10. The number of carbonyl (C=O) groups excluding carboxylic acids is 1. The second-order valence-corrected chi connectivity index (χ2v) is 9.75. The second kappa shape index (κ2) is 9.58. The fourth-order valence-electron chi connectivity index (χ4n) is 2.97. The summed E-state index contributed by atoms with van der Waals surface area (Å²) in [6, 6.07) is 16.5. The number of hydrogen-bond acceptors (Lipinski definition) is 6. The van der Waals surface area contributed by atoms with Crippen LogP contribution in [0.4, 0.5) is 11.4 Å². The first kappa shape index (κ1) is 22.2. The van der Waals surface area contributed by atoms with Crippen LogP contribution in [0.15, 0.2) is 60.0 Å². The van der Waals surface area contributed by atoms with Crippen LogP contribution < -0.4 is 11.1 Å². The minimum Gasteiger partial charge on any atom is -0.397 e. The number of carbonyl (C=O) groups is 1. The van der Waals surface area contributed by atoms with E-state index in [1.807, 2.05) is 29.6 Å². The number of nitrogen functional groups attached to an aromatic ring is 1. The maximum atomic E-state index is 12.7. The molecule has 0 aliphatic rings. The van der Waals surface area contributed by atoms with Gasteiger partial charge in [-0.3, -0.25) is 9.36 Å². The van der Waals surface area contributed by atoms with Crippen LogP contribution >= 0.6 is 18.9 Å². The summed E-state index contributed by atoms with van der Waals surface area (Å²) in [5.74, 6) is -0.263. The zero-order chi connectivity index (χ0) is 21.7. The molecule has 158 valence electrons. The van der Waals surface area contributed by atoms with Crippen molar-refractivity contribution in [2.24, 2.45) is 0 Å². The van der Waals surface area contributed by atoms with Crippen LogP contribution in [0.3, 0.4) is 0 Å². The molecule has 30 heavy (non-hydrogen) atoms. The maximum absolute atomic E-state index is 12.7. The van der Waals surface area contributed by atoms with E-state index in [-0.39, 0.29) is 5.91 Å². The van der Waals surface area contributed by atoms with Crippen molar-refractivity contribution in [1.82, 2.24) is 0 Å². The van der Waals surface area contributed by atoms with Crippen molar-refractivity contribution >= 4 is 36.2 Å². The van der Waals surface area contributed by atoms with E-state index in [0.29, 0.717) is 23.5 Å². The molecule has 1 amide bonds. The number of thiophene rings is 1. The molecule has 0 saturated carbocycles. The molecule has 0 aliphatic heterocycles. The van der Waals surface area contributed by atoms with E-state index >= 15 is 0 Å². The Balaban J connectivity index is 1.71. The normalized spacial score (nSPS) is 14.1. The predicted octanol–water partition coefficient (Wildman–Crippen LogP) is 6.19. The number of anilines is 2. The number of benzene rings is 2. The van der Waals surface area contributed by atoms with Gasteiger partial charge in [-0.15, -0.1) is 11.3 Å². The lowest BCUT2D eigenvalue weighted by Crippen LogP contribution is -2.13. The molecular formula is C22H25N2O4PS. The summed E-state index contributed by atoms with van der Waals surface area (Å²) < 4.78 is 22.9. The van der Waals surface area contributed by atoms with Gasteiger partial charge < -0.3 is 20.1 Å². The molecule has 0 radical (unpaired) electrons. The van der Waals surface area contributed by atoms with Gasteiger partial charge in [-0.1, -0.05) is 24.3 Å². The van der Waals surface area contributed by atoms with E-state index in [9.17, 15) is 9.36 Å². The van der Waals surface area contributed by atoms with E-state index in [1.54, 1.807) is 55.5 Å². The number of nitrogens with two attached hydrogens (primary N) is 1. The molecule has 0 fully saturated rings. The molecule has 3 rings (SSSR count). The van der Waals surface area contributed by atoms with Gasteiger partial charge in [-0.05, 0) is 60.7 Å². The lowest BCUT2D eigenvalue weighted by molar-refractivity contribution is 0.102. The molecular weight excluding hydrogens is 419 g/mol. The SMILES string of the molecule is CCOP(C)(=O)OC(C)c1ccc(C(=O)Nc2cc(-c3cccs3)ccc2N)cc1. The van der Waals surface area contributed by atoms with Gasteiger partial charge in [0.1, 0.15) is 0 Å². The van der Waals surface area contributed by atoms with Gasteiger partial charge in [0.05, 0.1) is 24.1 Å². The first-order valence-corrected chi connectivity index (χ1v) is 12.4. The largest absolute Gasteiger partial charge is 0.397 e. The van der Waals surface area contributed by atoms with E-state index < -0.39 is 13.7 Å². The fourth-order valence-corrected chi connectivity index (χ4v) is 4.92. The summed E-state index contributed by atoms with van der Waals surface area (Å²) >= 11 is 1.62. The lowest BCUT2D eigenvalue weighted by atomic mass is 10.1. The molecule has 0 aliphatic carbocycles. The highest BCUT2D eigenvalue weighted by atomic mass is 32.1. The summed E-state index contributed by atoms with van der Waals surface area (Å²) in [7, 11) is -3.11. The van der Waals surface area contributed by atoms with E-state index in [1.165, 1.54) is 6.66 Å². The minimum atomic E-state index is -3.11. The van der Waals surface area contributed by atoms with Crippen LogP contribution in [-0.2, 0) is 13.6 Å². The Bertz CT molecular complexity index is 1050. The van der Waals surface area contributed by atoms with Crippen LogP contribution in [-0.4, -0.2) is 19.2 Å². The third-order valence-electron chi connectivity index (χ3n) is 4.46. The highest BCUT2D eigenvalue weighted by molar-refractivity contribution is 7.52. The Morgan fingerprint density at radius 2 is 1.93 bits per heavy atom. The number of nitrogens with one attached hydrogen (secondary N) is 1. The zero-order valence-corrected chi connectivity index (χ0v) is 18.8. The monoisotopic (exact) mass is 444 g/mol. The molecule has 3 N–H and O–H groups in total. The Labute approximate surface area is 180 Å². The predicted molar refractivity (Wildman–Crippen MR) is 123 cm³/mol. The molecule has 2 unspecified atom stereocenters. The van der Waals surface area contributed by atoms with Crippen molar-refractivity contribution < 1.29 is 18.4 Å². The van der Waals surface area contributed by atoms with E-state index in [2.05, 4.69) is 5.32 Å². The fraction of sp³-hybridized carbons (Fsp3) is 0.227. The number of amides is 1. The van der Waals surface area contributed by atoms with Gasteiger partial charge >= 0.3 is 7.60 Å². The third kappa shape index (κ3) is 5.58. The average molecular weight is 444 g/mol. The molecule has 0 saturated heterocycles. The van der Waals surface area contributed by atoms with Gasteiger partial charge in [-0.2, -0.15) is 0 Å². The summed E-state index contributed by atoms with van der Waals surface area (Å²) in [5, 5.41) is 4.88. The molecule has 8 heteroatoms. The molecule has 0 spiro atoms. The van der Waals surface area contributed by atoms with Crippen LogP contribution in [0.1, 0.15) is 35.9 Å². The molecule has 1 heterocycles. The summed E-state index contributed by atoms with van der Waals surface area (Å²) in [5.41, 5.74) is 9.39. The van der Waals surface area contributed by atoms with Crippen LogP contribution in [0.5, 0.6) is 0 Å². The highest BCUT2D eigenvalue weighted by Crippen LogP contribution is 2.48. The van der Waals surface area contributed by atoms with Crippen LogP contribution in [0.25, 0.3) is 10.4 Å². The van der Waals surface area contributed by atoms with Crippen molar-refractivity contribution in [2.45, 2.75) is 20.0 Å². The average Bonchev–Trinajstić information content (AvgIpc) is 3.24. The number of rotatable bonds is 8. The number of hydrogen-bond donors (Lipinski definition) is 2. The van der Waals surface area contributed by atoms with Crippen molar-refractivity contribution in [3.05, 3.63) is 71.1 Å². The molecule has 6 nitrogen and oxygen atoms in total. The third-order valence-corrected chi connectivity index (χ3v) is 6.81. The lowest BCUT2D eigenvalue weighted by Gasteiger charge is -2.19. The zero-order valence-electron chi connectivity index (χ0n) is 17.1. The van der Waals surface area contributed by atoms with E-state index in [4.69, 9.17) is 14.8 Å². The molecule has 2 atom stereocenters. The van der Waals surface area contributed by atoms with Gasteiger partial charge in [0.15, 0.2) is 0 Å². The molecule has 2 aromatic carbocycles. The first-order chi connectivity index (χ1) is 14.3. The van der Waals surface area contributed by atoms with Crippen LogP contribution in [0.2, 0.25) is 0 Å². The van der Waals surface area contributed by atoms with Crippen molar-refractivity contribution in [3.8, 4) is 10.4 Å². The van der Waals surface area contributed by atoms with Crippen LogP contribution in [0, 0.1) is 0 Å². The molecule has 0 bridgehead atoms. The van der Waals surface area contributed by atoms with Gasteiger partial charge in [0, 0.05) is 17.1 Å². The maximum Gasteiger partial charge on any atom is 0.328 e. The Hall–Kier alpha value is -2.44. The summed E-state index contributed by atoms with van der Waals surface area (Å²) in [6.07, 6.45) is -0.428. The van der Waals surface area contributed by atoms with Crippen molar-refractivity contribution in [3.63, 3.8) is 0 Å².